The Morgan fingerprint density at radius 3 is 2.24 bits per heavy atom. The van der Waals surface area contributed by atoms with Gasteiger partial charge in [0.15, 0.2) is 11.5 Å². The number of carbonyl (C=O) groups excluding carboxylic acids is 1. The second-order valence-electron chi connectivity index (χ2n) is 4.94. The molecule has 0 aliphatic heterocycles. The maximum absolute atomic E-state index is 11.9. The maximum Gasteiger partial charge on any atom is 0.311 e. The van der Waals surface area contributed by atoms with E-state index in [2.05, 4.69) is 0 Å². The highest BCUT2D eigenvalue weighted by Crippen LogP contribution is 2.42. The lowest BCUT2D eigenvalue weighted by atomic mass is 9.86. The number of esters is 1. The zero-order valence-electron chi connectivity index (χ0n) is 12.8. The van der Waals surface area contributed by atoms with E-state index in [1.54, 1.807) is 12.1 Å². The molecule has 0 amide bonds. The smallest absolute Gasteiger partial charge is 0.311 e. The lowest BCUT2D eigenvalue weighted by Crippen LogP contribution is -2.28. The van der Waals surface area contributed by atoms with Gasteiger partial charge in [0.2, 0.25) is 0 Å². The first-order valence-corrected chi connectivity index (χ1v) is 6.93. The fourth-order valence-corrected chi connectivity index (χ4v) is 2.57. The molecule has 5 nitrogen and oxygen atoms in total. The van der Waals surface area contributed by atoms with Crippen molar-refractivity contribution >= 4 is 17.6 Å². The minimum Gasteiger partial charge on any atom is -0.493 e. The van der Waals surface area contributed by atoms with Crippen molar-refractivity contribution < 1.29 is 24.1 Å². The summed E-state index contributed by atoms with van der Waals surface area (Å²) >= 11 is 6.27. The molecule has 0 saturated heterocycles. The lowest BCUT2D eigenvalue weighted by molar-refractivity contribution is -0.152. The van der Waals surface area contributed by atoms with E-state index in [1.807, 2.05) is 13.8 Å². The summed E-state index contributed by atoms with van der Waals surface area (Å²) in [6, 6.07) is 3.25. The van der Waals surface area contributed by atoms with E-state index in [0.717, 1.165) is 0 Å². The summed E-state index contributed by atoms with van der Waals surface area (Å²) in [6.45, 7) is 3.67. The van der Waals surface area contributed by atoms with Crippen molar-refractivity contribution in [2.75, 3.05) is 21.3 Å². The molecular formula is C15H21ClO5. The Labute approximate surface area is 129 Å². The second-order valence-corrected chi connectivity index (χ2v) is 5.32. The number of aliphatic hydroxyl groups is 1. The van der Waals surface area contributed by atoms with Crippen molar-refractivity contribution in [3.8, 4) is 11.5 Å². The van der Waals surface area contributed by atoms with Crippen LogP contribution < -0.4 is 9.47 Å². The van der Waals surface area contributed by atoms with E-state index in [4.69, 9.17) is 25.8 Å². The number of hydrogen-bond acceptors (Lipinski definition) is 5. The van der Waals surface area contributed by atoms with E-state index in [-0.39, 0.29) is 10.9 Å². The Morgan fingerprint density at radius 1 is 1.19 bits per heavy atom. The highest BCUT2D eigenvalue weighted by atomic mass is 35.5. The van der Waals surface area contributed by atoms with Crippen LogP contribution in [0.15, 0.2) is 12.1 Å². The van der Waals surface area contributed by atoms with Gasteiger partial charge in [-0.1, -0.05) is 31.5 Å². The summed E-state index contributed by atoms with van der Waals surface area (Å²) in [4.78, 5) is 11.9. The number of carbonyl (C=O) groups is 1. The summed E-state index contributed by atoms with van der Waals surface area (Å²) in [6.07, 6.45) is -1.09. The number of halogens is 1. The number of methoxy groups -OCH3 is 3. The summed E-state index contributed by atoms with van der Waals surface area (Å²) in [5.74, 6) is -0.536. The summed E-state index contributed by atoms with van der Waals surface area (Å²) in [7, 11) is 4.25. The molecule has 1 aromatic carbocycles. The largest absolute Gasteiger partial charge is 0.493 e. The fraction of sp³-hybridized carbons (Fsp3) is 0.533. The molecule has 1 rings (SSSR count). The number of benzene rings is 1. The van der Waals surface area contributed by atoms with Gasteiger partial charge in [0.1, 0.15) is 0 Å². The Kier molecular flexibility index (Phi) is 6.30. The summed E-state index contributed by atoms with van der Waals surface area (Å²) in [5, 5.41) is 10.8. The maximum atomic E-state index is 11.9. The van der Waals surface area contributed by atoms with Gasteiger partial charge in [-0.25, -0.2) is 0 Å². The van der Waals surface area contributed by atoms with Crippen LogP contribution in [0.2, 0.25) is 5.02 Å². The van der Waals surface area contributed by atoms with Gasteiger partial charge in [0, 0.05) is 5.56 Å². The predicted molar refractivity (Wildman–Crippen MR) is 79.9 cm³/mol. The molecule has 118 valence electrons. The Morgan fingerprint density at radius 2 is 1.81 bits per heavy atom. The highest BCUT2D eigenvalue weighted by molar-refractivity contribution is 6.33. The van der Waals surface area contributed by atoms with Crippen LogP contribution in [-0.2, 0) is 9.53 Å². The van der Waals surface area contributed by atoms with Crippen LogP contribution in [0.5, 0.6) is 11.5 Å². The topological polar surface area (TPSA) is 65.0 Å². The van der Waals surface area contributed by atoms with Gasteiger partial charge in [0.05, 0.1) is 38.4 Å². The molecule has 0 aliphatic rings. The van der Waals surface area contributed by atoms with E-state index in [1.165, 1.54) is 21.3 Å². The third-order valence-electron chi connectivity index (χ3n) is 3.37. The van der Waals surface area contributed by atoms with Crippen molar-refractivity contribution in [1.29, 1.82) is 0 Å². The Balaban J connectivity index is 3.28. The third-order valence-corrected chi connectivity index (χ3v) is 3.76. The van der Waals surface area contributed by atoms with Gasteiger partial charge in [-0.3, -0.25) is 4.79 Å². The highest BCUT2D eigenvalue weighted by Gasteiger charge is 2.34. The zero-order chi connectivity index (χ0) is 16.2. The quantitative estimate of drug-likeness (QED) is 0.818. The average molecular weight is 317 g/mol. The van der Waals surface area contributed by atoms with E-state index in [9.17, 15) is 9.90 Å². The number of rotatable bonds is 6. The Bertz CT molecular complexity index is 501. The van der Waals surface area contributed by atoms with Crippen LogP contribution in [0.25, 0.3) is 0 Å². The van der Waals surface area contributed by atoms with Crippen LogP contribution >= 0.6 is 11.6 Å². The molecule has 0 heterocycles. The Hall–Kier alpha value is -1.46. The van der Waals surface area contributed by atoms with Crippen molar-refractivity contribution in [2.24, 2.45) is 11.8 Å². The standard InChI is InChI=1S/C15H21ClO5/c1-8(2)11(15(18)21-5)13(17)9-6-7-10(19-3)14(20-4)12(9)16/h6-8,11,13,17H,1-5H3. The van der Waals surface area contributed by atoms with Gasteiger partial charge >= 0.3 is 5.97 Å². The van der Waals surface area contributed by atoms with Crippen molar-refractivity contribution in [2.45, 2.75) is 20.0 Å². The average Bonchev–Trinajstić information content (AvgIpc) is 2.45. The zero-order valence-corrected chi connectivity index (χ0v) is 13.6. The minimum absolute atomic E-state index is 0.114. The monoisotopic (exact) mass is 316 g/mol. The molecule has 6 heteroatoms. The van der Waals surface area contributed by atoms with Gasteiger partial charge < -0.3 is 19.3 Å². The van der Waals surface area contributed by atoms with Gasteiger partial charge in [-0.05, 0) is 12.0 Å². The normalized spacial score (nSPS) is 13.7. The number of ether oxygens (including phenoxy) is 3. The number of hydrogen-bond donors (Lipinski definition) is 1. The van der Waals surface area contributed by atoms with Gasteiger partial charge in [-0.15, -0.1) is 0 Å². The van der Waals surface area contributed by atoms with Crippen LogP contribution in [0.4, 0.5) is 0 Å². The molecule has 21 heavy (non-hydrogen) atoms. The van der Waals surface area contributed by atoms with Crippen LogP contribution in [0.3, 0.4) is 0 Å². The first kappa shape index (κ1) is 17.6. The molecule has 0 aliphatic carbocycles. The van der Waals surface area contributed by atoms with Gasteiger partial charge in [0.25, 0.3) is 0 Å². The summed E-state index contributed by atoms with van der Waals surface area (Å²) < 4.78 is 15.1. The van der Waals surface area contributed by atoms with Crippen LogP contribution in [0, 0.1) is 11.8 Å². The summed E-state index contributed by atoms with van der Waals surface area (Å²) in [5.41, 5.74) is 0.401. The first-order chi connectivity index (χ1) is 9.88. The SMILES string of the molecule is COC(=O)C(C(C)C)C(O)c1ccc(OC)c(OC)c1Cl. The molecule has 0 bridgehead atoms. The molecular weight excluding hydrogens is 296 g/mol. The van der Waals surface area contributed by atoms with Crippen LogP contribution in [0.1, 0.15) is 25.5 Å². The lowest BCUT2D eigenvalue weighted by Gasteiger charge is -2.25. The molecule has 2 atom stereocenters. The van der Waals surface area contributed by atoms with E-state index in [0.29, 0.717) is 17.1 Å². The minimum atomic E-state index is -1.09. The molecule has 0 aromatic heterocycles. The predicted octanol–water partition coefficient (Wildman–Crippen LogP) is 2.84. The number of aliphatic hydroxyl groups excluding tert-OH is 1. The fourth-order valence-electron chi connectivity index (χ4n) is 2.23. The van der Waals surface area contributed by atoms with Crippen molar-refractivity contribution in [1.82, 2.24) is 0 Å². The molecule has 2 unspecified atom stereocenters. The van der Waals surface area contributed by atoms with Crippen molar-refractivity contribution in [3.63, 3.8) is 0 Å². The second kappa shape index (κ2) is 7.52. The molecule has 0 saturated carbocycles. The van der Waals surface area contributed by atoms with Gasteiger partial charge in [-0.2, -0.15) is 0 Å². The third kappa shape index (κ3) is 3.60. The van der Waals surface area contributed by atoms with Crippen molar-refractivity contribution in [3.05, 3.63) is 22.7 Å². The molecule has 0 fully saturated rings. The molecule has 0 radical (unpaired) electrons. The molecule has 1 N–H and O–H groups in total. The molecule has 0 spiro atoms. The van der Waals surface area contributed by atoms with E-state index >= 15 is 0 Å². The first-order valence-electron chi connectivity index (χ1n) is 6.55. The van der Waals surface area contributed by atoms with E-state index < -0.39 is 18.0 Å². The molecule has 1 aromatic rings. The van der Waals surface area contributed by atoms with Crippen LogP contribution in [-0.4, -0.2) is 32.4 Å².